The molecule has 0 unspecified atom stereocenters. The zero-order valence-electron chi connectivity index (χ0n) is 12.0. The number of nitriles is 2. The number of thiophene rings is 1. The quantitative estimate of drug-likeness (QED) is 0.553. The summed E-state index contributed by atoms with van der Waals surface area (Å²) < 4.78 is 28.1. The van der Waals surface area contributed by atoms with Gasteiger partial charge < -0.3 is 15.1 Å². The van der Waals surface area contributed by atoms with Crippen molar-refractivity contribution in [2.24, 2.45) is 0 Å². The molecule has 1 amide bonds. The molecule has 1 aromatic heterocycles. The van der Waals surface area contributed by atoms with E-state index in [-0.39, 0.29) is 29.5 Å². The van der Waals surface area contributed by atoms with Gasteiger partial charge in [0.05, 0.1) is 18.1 Å². The second-order valence-corrected chi connectivity index (χ2v) is 6.82. The van der Waals surface area contributed by atoms with Crippen LogP contribution in [0, 0.1) is 22.7 Å². The van der Waals surface area contributed by atoms with Crippen LogP contribution in [-0.4, -0.2) is 22.2 Å². The van der Waals surface area contributed by atoms with Gasteiger partial charge in [-0.25, -0.2) is 0 Å². The molecule has 0 spiro atoms. The lowest BCUT2D eigenvalue weighted by molar-refractivity contribution is 0.0770. The third-order valence-corrected chi connectivity index (χ3v) is 5.23. The molecule has 0 bridgehead atoms. The fraction of sp³-hybridized carbons (Fsp3) is 0.214. The molecule has 10 heteroatoms. The summed E-state index contributed by atoms with van der Waals surface area (Å²) in [5, 5.41) is 20.3. The second-order valence-electron chi connectivity index (χ2n) is 4.62. The van der Waals surface area contributed by atoms with E-state index in [2.05, 4.69) is 5.32 Å². The summed E-state index contributed by atoms with van der Waals surface area (Å²) in [5.41, 5.74) is -4.17. The van der Waals surface area contributed by atoms with E-state index in [1.807, 2.05) is 6.07 Å². The van der Waals surface area contributed by atoms with E-state index in [1.165, 1.54) is 18.2 Å². The van der Waals surface area contributed by atoms with Crippen molar-refractivity contribution in [3.63, 3.8) is 0 Å². The summed E-state index contributed by atoms with van der Waals surface area (Å²) in [6.07, 6.45) is 0.128. The summed E-state index contributed by atoms with van der Waals surface area (Å²) in [5.74, 6) is -0.498. The highest BCUT2D eigenvalue weighted by atomic mass is 32.1. The van der Waals surface area contributed by atoms with Crippen molar-refractivity contribution in [2.75, 3.05) is 6.54 Å². The molecule has 2 aromatic rings. The first-order valence-corrected chi connectivity index (χ1v) is 8.57. The molecule has 0 fully saturated rings. The Bertz CT molecular complexity index is 870. The molecular weight excluding hydrogens is 359 g/mol. The summed E-state index contributed by atoms with van der Waals surface area (Å²) in [4.78, 5) is 29.1. The molecule has 0 aliphatic rings. The predicted octanol–water partition coefficient (Wildman–Crippen LogP) is 2.76. The normalized spacial score (nSPS) is 11.3. The zero-order chi connectivity index (χ0) is 17.9. The summed E-state index contributed by atoms with van der Waals surface area (Å²) in [6, 6.07) is 7.62. The van der Waals surface area contributed by atoms with Gasteiger partial charge in [0.2, 0.25) is 8.38 Å². The first-order chi connectivity index (χ1) is 11.3. The number of fused-ring (bicyclic) bond motifs is 1. The van der Waals surface area contributed by atoms with Crippen LogP contribution in [-0.2, 0) is 5.66 Å². The zero-order valence-corrected chi connectivity index (χ0v) is 13.7. The average Bonchev–Trinajstić information content (AvgIpc) is 2.93. The van der Waals surface area contributed by atoms with Crippen LogP contribution in [0.25, 0.3) is 10.1 Å². The van der Waals surface area contributed by atoms with E-state index >= 15 is 0 Å². The molecule has 2 rings (SSSR count). The topological polar surface area (TPSA) is 117 Å². The summed E-state index contributed by atoms with van der Waals surface area (Å²) >= 11 is 0.575. The first-order valence-electron chi connectivity index (χ1n) is 6.51. The van der Waals surface area contributed by atoms with Crippen LogP contribution in [0.5, 0.6) is 0 Å². The van der Waals surface area contributed by atoms with E-state index in [0.717, 1.165) is 0 Å². The number of nitrogens with zero attached hydrogens (tertiary/aromatic N) is 2. The molecule has 3 N–H and O–H groups in total. The van der Waals surface area contributed by atoms with E-state index in [0.29, 0.717) is 16.0 Å². The Labute approximate surface area is 140 Å². The minimum absolute atomic E-state index is 0.128. The van der Waals surface area contributed by atoms with Crippen LogP contribution in [0.15, 0.2) is 18.2 Å². The van der Waals surface area contributed by atoms with E-state index in [4.69, 9.17) is 15.0 Å². The van der Waals surface area contributed by atoms with E-state index < -0.39 is 24.8 Å². The molecule has 24 heavy (non-hydrogen) atoms. The number of alkyl halides is 2. The van der Waals surface area contributed by atoms with Crippen LogP contribution in [0.4, 0.5) is 8.78 Å². The number of rotatable bonds is 5. The van der Waals surface area contributed by atoms with Crippen molar-refractivity contribution in [1.82, 2.24) is 5.32 Å². The molecule has 0 radical (unpaired) electrons. The molecular formula is C14H10F2N3O3PS. The van der Waals surface area contributed by atoms with Crippen molar-refractivity contribution < 1.29 is 23.4 Å². The SMILES string of the molecule is N#CCCNC(=O)c1ccc2sc(C(F)(F)P(O)O)c(C#N)c2c1. The maximum absolute atomic E-state index is 13.9. The third-order valence-electron chi connectivity index (χ3n) is 3.11. The molecule has 1 aromatic carbocycles. The molecule has 0 aliphatic carbocycles. The largest absolute Gasteiger partial charge is 0.351 e. The van der Waals surface area contributed by atoms with Gasteiger partial charge >= 0.3 is 5.66 Å². The van der Waals surface area contributed by atoms with Crippen LogP contribution in [0.1, 0.15) is 27.2 Å². The lowest BCUT2D eigenvalue weighted by Crippen LogP contribution is -2.24. The Balaban J connectivity index is 2.49. The van der Waals surface area contributed by atoms with Crippen molar-refractivity contribution in [3.05, 3.63) is 34.2 Å². The van der Waals surface area contributed by atoms with Gasteiger partial charge in [0.1, 0.15) is 10.9 Å². The molecule has 6 nitrogen and oxygen atoms in total. The molecule has 1 heterocycles. The Morgan fingerprint density at radius 1 is 1.38 bits per heavy atom. The molecule has 0 aliphatic heterocycles. The van der Waals surface area contributed by atoms with Gasteiger partial charge in [0.25, 0.3) is 5.91 Å². The highest BCUT2D eigenvalue weighted by molar-refractivity contribution is 7.46. The van der Waals surface area contributed by atoms with Crippen LogP contribution in [0.3, 0.4) is 0 Å². The molecule has 124 valence electrons. The lowest BCUT2D eigenvalue weighted by Gasteiger charge is -2.15. The standard InChI is InChI=1S/C14H10F2N3O3PS/c15-14(16,23(21)22)12-10(7-18)9-6-8(2-3-11(9)24-12)13(20)19-5-1-4-17/h2-3,6,21-22H,1,5H2,(H,19,20). The molecule has 0 saturated carbocycles. The second kappa shape index (κ2) is 7.16. The fourth-order valence-electron chi connectivity index (χ4n) is 1.99. The maximum Gasteiger partial charge on any atom is 0.349 e. The number of hydrogen-bond acceptors (Lipinski definition) is 6. The number of hydrogen-bond donors (Lipinski definition) is 3. The van der Waals surface area contributed by atoms with Gasteiger partial charge in [-0.05, 0) is 18.2 Å². The Morgan fingerprint density at radius 2 is 2.08 bits per heavy atom. The van der Waals surface area contributed by atoms with Crippen LogP contribution in [0.2, 0.25) is 0 Å². The van der Waals surface area contributed by atoms with Crippen molar-refractivity contribution in [3.8, 4) is 12.1 Å². The van der Waals surface area contributed by atoms with Gasteiger partial charge in [-0.15, -0.1) is 11.3 Å². The van der Waals surface area contributed by atoms with Gasteiger partial charge in [-0.1, -0.05) is 0 Å². The predicted molar refractivity (Wildman–Crippen MR) is 84.4 cm³/mol. The minimum atomic E-state index is -3.93. The number of benzene rings is 1. The number of halogens is 2. The lowest BCUT2D eigenvalue weighted by atomic mass is 10.1. The highest BCUT2D eigenvalue weighted by Gasteiger charge is 2.45. The first kappa shape index (κ1) is 18.2. The van der Waals surface area contributed by atoms with Gasteiger partial charge in [-0.3, -0.25) is 4.79 Å². The van der Waals surface area contributed by atoms with E-state index in [9.17, 15) is 18.8 Å². The number of carbonyl (C=O) groups excluding carboxylic acids is 1. The minimum Gasteiger partial charge on any atom is -0.351 e. The maximum atomic E-state index is 13.9. The molecule has 0 saturated heterocycles. The Kier molecular flexibility index (Phi) is 5.43. The Hall–Kier alpha value is -2.16. The fourth-order valence-corrected chi connectivity index (χ4v) is 3.67. The number of nitrogens with one attached hydrogen (secondary N) is 1. The number of amides is 1. The highest BCUT2D eigenvalue weighted by Crippen LogP contribution is 2.56. The van der Waals surface area contributed by atoms with Gasteiger partial charge in [0, 0.05) is 22.2 Å². The van der Waals surface area contributed by atoms with E-state index in [1.54, 1.807) is 6.07 Å². The van der Waals surface area contributed by atoms with Gasteiger partial charge in [0.15, 0.2) is 0 Å². The number of carbonyl (C=O) groups is 1. The van der Waals surface area contributed by atoms with Crippen LogP contribution >= 0.6 is 19.7 Å². The molecule has 0 atom stereocenters. The van der Waals surface area contributed by atoms with Gasteiger partial charge in [-0.2, -0.15) is 19.3 Å². The van der Waals surface area contributed by atoms with Crippen LogP contribution < -0.4 is 5.32 Å². The van der Waals surface area contributed by atoms with Crippen molar-refractivity contribution >= 4 is 35.7 Å². The monoisotopic (exact) mass is 369 g/mol. The smallest absolute Gasteiger partial charge is 0.349 e. The summed E-state index contributed by atoms with van der Waals surface area (Å²) in [7, 11) is -3.59. The summed E-state index contributed by atoms with van der Waals surface area (Å²) in [6.45, 7) is 0.144. The third kappa shape index (κ3) is 3.35. The van der Waals surface area contributed by atoms with Crippen molar-refractivity contribution in [1.29, 1.82) is 10.5 Å². The van der Waals surface area contributed by atoms with Crippen molar-refractivity contribution in [2.45, 2.75) is 12.1 Å². The Morgan fingerprint density at radius 3 is 2.67 bits per heavy atom. The average molecular weight is 369 g/mol.